The van der Waals surface area contributed by atoms with Gasteiger partial charge in [-0.15, -0.1) is 0 Å². The van der Waals surface area contributed by atoms with Crippen molar-refractivity contribution in [3.8, 4) is 0 Å². The maximum Gasteiger partial charge on any atom is 0.277 e. The molecule has 0 saturated carbocycles. The lowest BCUT2D eigenvalue weighted by molar-refractivity contribution is -0.120. The van der Waals surface area contributed by atoms with Gasteiger partial charge in [0.2, 0.25) is 5.91 Å². The number of hydrogen-bond acceptors (Lipinski definition) is 4. The van der Waals surface area contributed by atoms with Gasteiger partial charge in [0.25, 0.3) is 5.91 Å². The summed E-state index contributed by atoms with van der Waals surface area (Å²) in [6.07, 6.45) is 0.547. The Labute approximate surface area is 148 Å². The smallest absolute Gasteiger partial charge is 0.277 e. The maximum absolute atomic E-state index is 14.3. The molecule has 3 N–H and O–H groups in total. The molecule has 130 valence electrons. The van der Waals surface area contributed by atoms with Crippen molar-refractivity contribution in [3.63, 3.8) is 0 Å². The van der Waals surface area contributed by atoms with Gasteiger partial charge in [-0.2, -0.15) is 0 Å². The molecule has 1 saturated heterocycles. The van der Waals surface area contributed by atoms with E-state index in [0.717, 1.165) is 6.07 Å². The van der Waals surface area contributed by atoms with Crippen LogP contribution in [0.5, 0.6) is 0 Å². The summed E-state index contributed by atoms with van der Waals surface area (Å²) in [4.78, 5) is 25.3. The lowest BCUT2D eigenvalue weighted by Crippen LogP contribution is -2.37. The van der Waals surface area contributed by atoms with Gasteiger partial charge >= 0.3 is 0 Å². The van der Waals surface area contributed by atoms with Crippen LogP contribution >= 0.6 is 11.6 Å². The number of anilines is 2. The summed E-state index contributed by atoms with van der Waals surface area (Å²) in [7, 11) is 0. The number of rotatable bonds is 4. The Balaban J connectivity index is 2.07. The normalized spacial score (nSPS) is 16.4. The van der Waals surface area contributed by atoms with Crippen LogP contribution in [0.4, 0.5) is 15.8 Å². The number of carbonyl (C=O) groups is 2. The largest absolute Gasteiger partial charge is 0.354 e. The minimum atomic E-state index is -0.947. The predicted molar refractivity (Wildman–Crippen MR) is 90.7 cm³/mol. The predicted octanol–water partition coefficient (Wildman–Crippen LogP) is 2.62. The lowest BCUT2D eigenvalue weighted by Gasteiger charge is -2.30. The van der Waals surface area contributed by atoms with E-state index in [4.69, 9.17) is 16.8 Å². The number of benzene rings is 2. The highest BCUT2D eigenvalue weighted by atomic mass is 35.5. The highest BCUT2D eigenvalue weighted by Crippen LogP contribution is 2.33. The van der Waals surface area contributed by atoms with Crippen LogP contribution in [0.1, 0.15) is 16.8 Å². The molecule has 6 nitrogen and oxygen atoms in total. The number of carbonyl (C=O) groups excluding carboxylic acids is 2. The average molecular weight is 364 g/mol. The van der Waals surface area contributed by atoms with Crippen molar-refractivity contribution in [1.29, 1.82) is 0 Å². The lowest BCUT2D eigenvalue weighted by atomic mass is 10.1. The number of halogens is 2. The Bertz CT molecular complexity index is 831. The average Bonchev–Trinajstić information content (AvgIpc) is 3.00. The molecule has 0 aromatic heterocycles. The Morgan fingerprint density at radius 3 is 2.64 bits per heavy atom. The Hall–Kier alpha value is -2.64. The standard InChI is InChI=1S/C17H15ClFN3O3/c18-10-2-1-3-11(8-10)22(15-6-7-20-17(15)24)12-4-5-13(14(19)9-12)16(23)21-25/h1-5,8-9,15,25H,6-7H2,(H,20,24)(H,21,23). The highest BCUT2D eigenvalue weighted by molar-refractivity contribution is 6.30. The number of amides is 2. The molecule has 2 aromatic rings. The minimum Gasteiger partial charge on any atom is -0.354 e. The molecular formula is C17H15ClFN3O3. The first kappa shape index (κ1) is 17.2. The van der Waals surface area contributed by atoms with Gasteiger partial charge in [-0.1, -0.05) is 17.7 Å². The number of hydroxylamine groups is 1. The topological polar surface area (TPSA) is 81.7 Å². The molecular weight excluding hydrogens is 349 g/mol. The fraction of sp³-hybridized carbons (Fsp3) is 0.176. The SMILES string of the molecule is O=C(NO)c1ccc(N(c2cccc(Cl)c2)C2CCNC2=O)cc1F. The van der Waals surface area contributed by atoms with E-state index in [1.54, 1.807) is 29.2 Å². The first-order chi connectivity index (χ1) is 12.0. The van der Waals surface area contributed by atoms with E-state index in [-0.39, 0.29) is 11.5 Å². The van der Waals surface area contributed by atoms with E-state index in [2.05, 4.69) is 5.32 Å². The van der Waals surface area contributed by atoms with Crippen molar-refractivity contribution in [2.24, 2.45) is 0 Å². The molecule has 1 atom stereocenters. The van der Waals surface area contributed by atoms with Crippen LogP contribution in [-0.4, -0.2) is 29.6 Å². The molecule has 2 amide bonds. The van der Waals surface area contributed by atoms with Gasteiger partial charge in [0.15, 0.2) is 0 Å². The Morgan fingerprint density at radius 2 is 2.04 bits per heavy atom. The van der Waals surface area contributed by atoms with Gasteiger partial charge in [-0.3, -0.25) is 14.8 Å². The number of nitrogens with one attached hydrogen (secondary N) is 2. The minimum absolute atomic E-state index is 0.169. The van der Waals surface area contributed by atoms with Crippen molar-refractivity contribution < 1.29 is 19.2 Å². The van der Waals surface area contributed by atoms with Crippen molar-refractivity contribution in [3.05, 3.63) is 58.9 Å². The van der Waals surface area contributed by atoms with Crippen LogP contribution in [0.25, 0.3) is 0 Å². The molecule has 1 unspecified atom stereocenters. The molecule has 1 aliphatic heterocycles. The van der Waals surface area contributed by atoms with E-state index in [1.807, 2.05) is 0 Å². The molecule has 2 aromatic carbocycles. The summed E-state index contributed by atoms with van der Waals surface area (Å²) in [5.41, 5.74) is 2.13. The van der Waals surface area contributed by atoms with Crippen LogP contribution in [0, 0.1) is 5.82 Å². The number of nitrogens with zero attached hydrogens (tertiary/aromatic N) is 1. The summed E-state index contributed by atoms with van der Waals surface area (Å²) in [6, 6.07) is 10.3. The molecule has 1 fully saturated rings. The fourth-order valence-electron chi connectivity index (χ4n) is 2.86. The molecule has 25 heavy (non-hydrogen) atoms. The van der Waals surface area contributed by atoms with Crippen LogP contribution < -0.4 is 15.7 Å². The zero-order chi connectivity index (χ0) is 18.0. The molecule has 3 rings (SSSR count). The van der Waals surface area contributed by atoms with Crippen LogP contribution in [-0.2, 0) is 4.79 Å². The summed E-state index contributed by atoms with van der Waals surface area (Å²) in [6.45, 7) is 0.522. The molecule has 0 spiro atoms. The Morgan fingerprint density at radius 1 is 1.28 bits per heavy atom. The summed E-state index contributed by atoms with van der Waals surface area (Å²) >= 11 is 6.05. The maximum atomic E-state index is 14.3. The molecule has 1 aliphatic rings. The third kappa shape index (κ3) is 3.42. The van der Waals surface area contributed by atoms with Crippen LogP contribution in [0.3, 0.4) is 0 Å². The third-order valence-electron chi connectivity index (χ3n) is 3.99. The molecule has 8 heteroatoms. The monoisotopic (exact) mass is 363 g/mol. The van der Waals surface area contributed by atoms with Crippen molar-refractivity contribution in [2.75, 3.05) is 11.4 Å². The Kier molecular flexibility index (Phi) is 4.87. The van der Waals surface area contributed by atoms with Gasteiger partial charge < -0.3 is 10.2 Å². The van der Waals surface area contributed by atoms with E-state index >= 15 is 0 Å². The molecule has 0 radical (unpaired) electrons. The second-order valence-corrected chi connectivity index (χ2v) is 5.99. The van der Waals surface area contributed by atoms with Gasteiger partial charge in [0.05, 0.1) is 5.56 Å². The first-order valence-electron chi connectivity index (χ1n) is 7.58. The summed E-state index contributed by atoms with van der Waals surface area (Å²) in [5, 5.41) is 11.9. The van der Waals surface area contributed by atoms with E-state index in [9.17, 15) is 14.0 Å². The first-order valence-corrected chi connectivity index (χ1v) is 7.95. The zero-order valence-electron chi connectivity index (χ0n) is 13.0. The zero-order valence-corrected chi connectivity index (χ0v) is 13.8. The van der Waals surface area contributed by atoms with E-state index in [0.29, 0.717) is 29.4 Å². The summed E-state index contributed by atoms with van der Waals surface area (Å²) < 4.78 is 14.3. The van der Waals surface area contributed by atoms with Crippen LogP contribution in [0.2, 0.25) is 5.02 Å². The van der Waals surface area contributed by atoms with Crippen molar-refractivity contribution in [1.82, 2.24) is 10.8 Å². The van der Waals surface area contributed by atoms with Crippen molar-refractivity contribution in [2.45, 2.75) is 12.5 Å². The summed E-state index contributed by atoms with van der Waals surface area (Å²) in [5.74, 6) is -1.93. The number of hydrogen-bond donors (Lipinski definition) is 3. The van der Waals surface area contributed by atoms with Gasteiger partial charge in [0.1, 0.15) is 11.9 Å². The van der Waals surface area contributed by atoms with Gasteiger partial charge in [-0.25, -0.2) is 9.87 Å². The van der Waals surface area contributed by atoms with E-state index < -0.39 is 17.8 Å². The highest BCUT2D eigenvalue weighted by Gasteiger charge is 2.32. The quantitative estimate of drug-likeness (QED) is 0.576. The molecule has 0 aliphatic carbocycles. The molecule has 0 bridgehead atoms. The van der Waals surface area contributed by atoms with E-state index in [1.165, 1.54) is 17.6 Å². The third-order valence-corrected chi connectivity index (χ3v) is 4.23. The second kappa shape index (κ2) is 7.08. The van der Waals surface area contributed by atoms with Crippen LogP contribution in [0.15, 0.2) is 42.5 Å². The fourth-order valence-corrected chi connectivity index (χ4v) is 3.05. The van der Waals surface area contributed by atoms with Crippen molar-refractivity contribution >= 4 is 34.8 Å². The van der Waals surface area contributed by atoms with Gasteiger partial charge in [-0.05, 0) is 42.8 Å². The second-order valence-electron chi connectivity index (χ2n) is 5.55. The van der Waals surface area contributed by atoms with Gasteiger partial charge in [0, 0.05) is 22.9 Å². The molecule has 1 heterocycles.